The van der Waals surface area contributed by atoms with Crippen LogP contribution in [-0.4, -0.2) is 4.98 Å². The second-order valence-electron chi connectivity index (χ2n) is 6.58. The summed E-state index contributed by atoms with van der Waals surface area (Å²) in [4.78, 5) is 4.79. The lowest BCUT2D eigenvalue weighted by Gasteiger charge is -2.01. The second kappa shape index (κ2) is 5.35. The van der Waals surface area contributed by atoms with Crippen molar-refractivity contribution < 1.29 is 8.83 Å². The van der Waals surface area contributed by atoms with Gasteiger partial charge in [0.2, 0.25) is 5.89 Å². The van der Waals surface area contributed by atoms with Gasteiger partial charge in [0, 0.05) is 27.4 Å². The summed E-state index contributed by atoms with van der Waals surface area (Å²) in [5.74, 6) is 0.591. The van der Waals surface area contributed by atoms with Gasteiger partial charge in [0.05, 0.1) is 0 Å². The normalized spacial score (nSPS) is 11.9. The fourth-order valence-corrected chi connectivity index (χ4v) is 3.89. The van der Waals surface area contributed by atoms with Gasteiger partial charge in [-0.05, 0) is 41.1 Å². The first kappa shape index (κ1) is 14.8. The Morgan fingerprint density at radius 2 is 1.56 bits per heavy atom. The standard InChI is InChI=1S/C23H12ClNO2/c24-14-8-9-16-17-10-11-19-21(22(17)26-20(16)12-14)25-23(27-19)18-7-3-5-13-4-1-2-6-15(13)18/h1-12H. The molecule has 2 heterocycles. The Morgan fingerprint density at radius 3 is 2.52 bits per heavy atom. The van der Waals surface area contributed by atoms with Crippen LogP contribution in [0.5, 0.6) is 0 Å². The third-order valence-corrected chi connectivity index (χ3v) is 5.22. The van der Waals surface area contributed by atoms with E-state index in [2.05, 4.69) is 18.2 Å². The van der Waals surface area contributed by atoms with E-state index in [1.54, 1.807) is 0 Å². The maximum absolute atomic E-state index is 6.11. The van der Waals surface area contributed by atoms with Crippen LogP contribution in [0.4, 0.5) is 0 Å². The molecule has 0 spiro atoms. The highest BCUT2D eigenvalue weighted by Crippen LogP contribution is 2.37. The quantitative estimate of drug-likeness (QED) is 0.307. The topological polar surface area (TPSA) is 39.2 Å². The van der Waals surface area contributed by atoms with E-state index < -0.39 is 0 Å². The SMILES string of the molecule is Clc1ccc2c(c1)oc1c2ccc2oc(-c3cccc4ccccc34)nc21. The molecule has 0 aliphatic heterocycles. The van der Waals surface area contributed by atoms with Crippen LogP contribution in [0.3, 0.4) is 0 Å². The zero-order valence-electron chi connectivity index (χ0n) is 14.1. The number of hydrogen-bond donors (Lipinski definition) is 0. The van der Waals surface area contributed by atoms with E-state index in [1.807, 2.05) is 54.6 Å². The number of halogens is 1. The van der Waals surface area contributed by atoms with Crippen LogP contribution in [-0.2, 0) is 0 Å². The number of aromatic nitrogens is 1. The van der Waals surface area contributed by atoms with Gasteiger partial charge in [0.25, 0.3) is 0 Å². The third kappa shape index (κ3) is 2.12. The lowest BCUT2D eigenvalue weighted by molar-refractivity contribution is 0.620. The largest absolute Gasteiger partial charge is 0.454 e. The van der Waals surface area contributed by atoms with Crippen molar-refractivity contribution in [2.45, 2.75) is 0 Å². The van der Waals surface area contributed by atoms with E-state index in [4.69, 9.17) is 25.4 Å². The lowest BCUT2D eigenvalue weighted by atomic mass is 10.0. The van der Waals surface area contributed by atoms with Crippen LogP contribution in [0.1, 0.15) is 0 Å². The monoisotopic (exact) mass is 369 g/mol. The molecule has 6 rings (SSSR count). The maximum Gasteiger partial charge on any atom is 0.228 e. The van der Waals surface area contributed by atoms with Gasteiger partial charge in [0.15, 0.2) is 16.7 Å². The Hall–Kier alpha value is -3.30. The van der Waals surface area contributed by atoms with Gasteiger partial charge in [-0.2, -0.15) is 0 Å². The molecule has 0 radical (unpaired) electrons. The summed E-state index contributed by atoms with van der Waals surface area (Å²) < 4.78 is 12.2. The third-order valence-electron chi connectivity index (χ3n) is 4.98. The number of rotatable bonds is 1. The van der Waals surface area contributed by atoms with Gasteiger partial charge in [-0.25, -0.2) is 4.98 Å². The van der Waals surface area contributed by atoms with Crippen molar-refractivity contribution in [3.05, 3.63) is 77.8 Å². The van der Waals surface area contributed by atoms with E-state index in [9.17, 15) is 0 Å². The molecule has 128 valence electrons. The van der Waals surface area contributed by atoms with E-state index in [-0.39, 0.29) is 0 Å². The predicted octanol–water partition coefficient (Wildman–Crippen LogP) is 7.20. The maximum atomic E-state index is 6.11. The summed E-state index contributed by atoms with van der Waals surface area (Å²) in [6.07, 6.45) is 0. The number of oxazole rings is 1. The Labute approximate surface area is 158 Å². The average Bonchev–Trinajstić information content (AvgIpc) is 3.28. The zero-order chi connectivity index (χ0) is 18.0. The number of furan rings is 1. The first-order valence-electron chi connectivity index (χ1n) is 8.67. The van der Waals surface area contributed by atoms with Gasteiger partial charge in [0.1, 0.15) is 5.58 Å². The number of hydrogen-bond acceptors (Lipinski definition) is 3. The molecule has 0 saturated carbocycles. The molecule has 2 aromatic heterocycles. The highest BCUT2D eigenvalue weighted by molar-refractivity contribution is 6.31. The summed E-state index contributed by atoms with van der Waals surface area (Å²) in [6.45, 7) is 0. The minimum absolute atomic E-state index is 0.591. The van der Waals surface area contributed by atoms with Crippen molar-refractivity contribution in [2.24, 2.45) is 0 Å². The molecule has 27 heavy (non-hydrogen) atoms. The summed E-state index contributed by atoms with van der Waals surface area (Å²) in [7, 11) is 0. The van der Waals surface area contributed by atoms with Crippen molar-refractivity contribution in [1.82, 2.24) is 4.98 Å². The highest BCUT2D eigenvalue weighted by Gasteiger charge is 2.17. The smallest absolute Gasteiger partial charge is 0.228 e. The molecule has 0 unspecified atom stereocenters. The Morgan fingerprint density at radius 1 is 0.704 bits per heavy atom. The predicted molar refractivity (Wildman–Crippen MR) is 109 cm³/mol. The highest BCUT2D eigenvalue weighted by atomic mass is 35.5. The minimum atomic E-state index is 0.591. The van der Waals surface area contributed by atoms with E-state index in [0.717, 1.165) is 43.8 Å². The molecule has 3 nitrogen and oxygen atoms in total. The van der Waals surface area contributed by atoms with Crippen LogP contribution in [0.15, 0.2) is 81.6 Å². The molecule has 6 aromatic rings. The van der Waals surface area contributed by atoms with Crippen LogP contribution >= 0.6 is 11.6 Å². The Balaban J connectivity index is 1.67. The van der Waals surface area contributed by atoms with Gasteiger partial charge in [-0.1, -0.05) is 48.0 Å². The van der Waals surface area contributed by atoms with Crippen molar-refractivity contribution in [3.63, 3.8) is 0 Å². The van der Waals surface area contributed by atoms with Crippen molar-refractivity contribution in [3.8, 4) is 11.5 Å². The van der Waals surface area contributed by atoms with Gasteiger partial charge < -0.3 is 8.83 Å². The molecule has 0 aliphatic carbocycles. The molecule has 0 atom stereocenters. The molecule has 4 aromatic carbocycles. The van der Waals surface area contributed by atoms with Crippen molar-refractivity contribution in [1.29, 1.82) is 0 Å². The fourth-order valence-electron chi connectivity index (χ4n) is 3.73. The molecule has 0 amide bonds. The summed E-state index contributed by atoms with van der Waals surface area (Å²) in [6, 6.07) is 24.0. The molecule has 0 aliphatic rings. The lowest BCUT2D eigenvalue weighted by Crippen LogP contribution is -1.80. The fraction of sp³-hybridized carbons (Fsp3) is 0. The first-order valence-corrected chi connectivity index (χ1v) is 9.05. The minimum Gasteiger partial charge on any atom is -0.454 e. The second-order valence-corrected chi connectivity index (χ2v) is 7.01. The number of benzene rings is 4. The number of fused-ring (bicyclic) bond motifs is 6. The molecular weight excluding hydrogens is 358 g/mol. The molecule has 0 fully saturated rings. The van der Waals surface area contributed by atoms with Gasteiger partial charge in [-0.15, -0.1) is 0 Å². The first-order chi connectivity index (χ1) is 13.3. The van der Waals surface area contributed by atoms with Crippen LogP contribution in [0.2, 0.25) is 5.02 Å². The average molecular weight is 370 g/mol. The molecular formula is C23H12ClNO2. The Kier molecular flexibility index (Phi) is 2.94. The van der Waals surface area contributed by atoms with E-state index in [0.29, 0.717) is 16.5 Å². The van der Waals surface area contributed by atoms with E-state index in [1.165, 1.54) is 0 Å². The summed E-state index contributed by atoms with van der Waals surface area (Å²) in [5, 5.41) is 4.94. The molecule has 0 N–H and O–H groups in total. The summed E-state index contributed by atoms with van der Waals surface area (Å²) in [5.41, 5.74) is 3.87. The summed E-state index contributed by atoms with van der Waals surface area (Å²) >= 11 is 6.11. The number of nitrogens with zero attached hydrogens (tertiary/aromatic N) is 1. The Bertz CT molecular complexity index is 1490. The van der Waals surface area contributed by atoms with Crippen LogP contribution in [0.25, 0.3) is 55.3 Å². The molecule has 0 saturated heterocycles. The van der Waals surface area contributed by atoms with Crippen molar-refractivity contribution in [2.75, 3.05) is 0 Å². The van der Waals surface area contributed by atoms with Crippen molar-refractivity contribution >= 4 is 55.4 Å². The molecule has 4 heteroatoms. The van der Waals surface area contributed by atoms with Crippen LogP contribution < -0.4 is 0 Å². The van der Waals surface area contributed by atoms with Gasteiger partial charge >= 0.3 is 0 Å². The van der Waals surface area contributed by atoms with Crippen LogP contribution in [0, 0.1) is 0 Å². The van der Waals surface area contributed by atoms with Gasteiger partial charge in [-0.3, -0.25) is 0 Å². The zero-order valence-corrected chi connectivity index (χ0v) is 14.8. The van der Waals surface area contributed by atoms with E-state index >= 15 is 0 Å². The molecule has 0 bridgehead atoms.